The molecule has 4 amide bonds. The Bertz CT molecular complexity index is 1990. The normalized spacial score (nSPS) is 9.03. The van der Waals surface area contributed by atoms with Crippen molar-refractivity contribution in [3.63, 3.8) is 0 Å². The van der Waals surface area contributed by atoms with E-state index in [0.29, 0.717) is 19.5 Å². The van der Waals surface area contributed by atoms with Crippen molar-refractivity contribution in [3.8, 4) is 0 Å². The van der Waals surface area contributed by atoms with E-state index >= 15 is 0 Å². The minimum absolute atomic E-state index is 0. The number of piperidine rings is 1. The molecule has 0 spiro atoms. The van der Waals surface area contributed by atoms with Crippen LogP contribution < -0.4 is 80.7 Å². The van der Waals surface area contributed by atoms with Crippen LogP contribution >= 0.6 is 11.6 Å². The van der Waals surface area contributed by atoms with E-state index in [1.807, 2.05) is 183 Å². The lowest BCUT2D eigenvalue weighted by atomic mass is 9.95. The number of carbonyl (C=O) groups is 14. The highest BCUT2D eigenvalue weighted by molar-refractivity contribution is 6.30. The Hall–Kier alpha value is -7.99. The molecule has 31 N–H and O–H groups in total. The predicted octanol–water partition coefficient (Wildman–Crippen LogP) is 13.5. The Kier molecular flexibility index (Phi) is 352. The number of benzene rings is 3. The van der Waals surface area contributed by atoms with Crippen molar-refractivity contribution in [2.24, 2.45) is 75.6 Å². The molecule has 32 heteroatoms. The van der Waals surface area contributed by atoms with E-state index in [1.165, 1.54) is 86.6 Å². The minimum Gasteiger partial charge on any atom is -0.400 e. The van der Waals surface area contributed by atoms with Crippen LogP contribution in [0.25, 0.3) is 0 Å². The number of nitrogens with one attached hydrogen (secondary N) is 3. The van der Waals surface area contributed by atoms with Crippen molar-refractivity contribution in [2.45, 2.75) is 262 Å². The van der Waals surface area contributed by atoms with E-state index in [9.17, 15) is 19.2 Å². The standard InChI is InChI=1S/C27H42N4O4.C8H9Cl.C8H10.3C5H12.C4H10.C3H8O.2C2H6.7CH5N.CH4O.10CH2O.4H3N.H2/c1-6-19(4)24(27(35)31-15-11-8-12-16-31)30-26(34)23(18(2)3)29-25(33)22(28-20(5)32)17-21-13-9-7-10-14-21;1-2-7-4-3-5-8(9)6-7;1-2-8-6-4-3-5-7-8;3*1-4-5(2)3;1-4(2)3;1-3(2)4;20*1-2;;;;;/h7,9-10,13-14,18-19,22-24H,6,8,11-12,15-17H2,1-5H3,(H,28,32)(H,29,33)(H,30,34);3-6H,2H2,1H3;3-7H,2H2,1H3;3*5H,4H2,1-3H3;4H,1-3H3;3-4H,1-2H3;2*1-2H3;7*2H2,1H3;2H,1H3;10*1H2;4*1H3;1H/t19-,22-,23-,24-;;;;;;;;;;;;;;;;;;;;;;;;;;;;;;;;/m0................................/s1. The number of aliphatic hydroxyl groups excluding tert-OH is 2. The molecular formula is C87H200ClN15O16. The summed E-state index contributed by atoms with van der Waals surface area (Å²) in [7, 11) is 11.5. The Morgan fingerprint density at radius 1 is 0.403 bits per heavy atom. The van der Waals surface area contributed by atoms with Gasteiger partial charge in [0.2, 0.25) is 23.6 Å². The van der Waals surface area contributed by atoms with Gasteiger partial charge in [-0.3, -0.25) is 19.2 Å². The third-order valence-corrected chi connectivity index (χ3v) is 11.9. The predicted molar refractivity (Wildman–Crippen MR) is 521 cm³/mol. The number of likely N-dealkylation sites (tertiary alicyclic amines) is 1. The fourth-order valence-corrected chi connectivity index (χ4v) is 6.01. The van der Waals surface area contributed by atoms with E-state index in [1.54, 1.807) is 13.8 Å². The number of aryl methyl sites for hydroxylation is 2. The first-order valence-electron chi connectivity index (χ1n) is 38.2. The molecule has 3 aromatic rings. The highest BCUT2D eigenvalue weighted by Gasteiger charge is 2.35. The lowest BCUT2D eigenvalue weighted by Crippen LogP contribution is -2.60. The monoisotopic (exact) mass is 1750 g/mol. The molecule has 4 atom stereocenters. The number of amides is 4. The SMILES string of the molecule is C=O.C=O.C=O.C=O.C=O.C=O.C=O.C=O.C=O.C=O.CC.CC.CC(C)C.CC(C)O.CCC(C)C.CCC(C)C.CCC(C)C.CC[C@H](C)[C@H](NC(=O)[C@@H](NC(=O)[C@H](Cc1ccccc1)NC(C)=O)C(C)C)C(=O)N1CCCCC1.CCc1cccc(Cl)c1.CCc1ccccc1.CN.CN.CN.CN.CN.CN.CN.CO.N.N.N.N.[HH]. The molecule has 1 saturated heterocycles. The van der Waals surface area contributed by atoms with Gasteiger partial charge in [0.05, 0.1) is 0 Å². The largest absolute Gasteiger partial charge is 0.400 e. The van der Waals surface area contributed by atoms with Crippen LogP contribution in [0, 0.1) is 35.5 Å². The third-order valence-electron chi connectivity index (χ3n) is 11.7. The summed E-state index contributed by atoms with van der Waals surface area (Å²) in [5.41, 5.74) is 35.1. The lowest BCUT2D eigenvalue weighted by Gasteiger charge is -2.34. The van der Waals surface area contributed by atoms with Crippen molar-refractivity contribution in [2.75, 3.05) is 69.5 Å². The Labute approximate surface area is 737 Å². The molecular weight excluding hydrogens is 1550 g/mol. The summed E-state index contributed by atoms with van der Waals surface area (Å²) < 4.78 is 0. The van der Waals surface area contributed by atoms with Gasteiger partial charge in [0.15, 0.2) is 0 Å². The highest BCUT2D eigenvalue weighted by Crippen LogP contribution is 2.17. The van der Waals surface area contributed by atoms with E-state index in [4.69, 9.17) is 69.8 Å². The average Bonchev–Trinajstić information content (AvgIpc) is 0.837. The number of halogens is 1. The fraction of sp³-hybridized carbons (Fsp3) is 0.632. The highest BCUT2D eigenvalue weighted by atomic mass is 35.5. The first-order chi connectivity index (χ1) is 55.2. The van der Waals surface area contributed by atoms with Crippen molar-refractivity contribution < 1.29 is 78.8 Å². The van der Waals surface area contributed by atoms with Crippen LogP contribution in [0.15, 0.2) is 84.9 Å². The number of aliphatic hydroxyl groups is 2. The molecule has 119 heavy (non-hydrogen) atoms. The zero-order valence-electron chi connectivity index (χ0n) is 82.2. The third kappa shape index (κ3) is 211. The summed E-state index contributed by atoms with van der Waals surface area (Å²) in [6.07, 6.45) is 10.1. The molecule has 1 aliphatic heterocycles. The van der Waals surface area contributed by atoms with Crippen LogP contribution in [-0.2, 0) is 86.4 Å². The molecule has 1 heterocycles. The summed E-state index contributed by atoms with van der Waals surface area (Å²) in [5, 5.41) is 24.4. The van der Waals surface area contributed by atoms with Gasteiger partial charge in [0, 0.05) is 46.1 Å². The summed E-state index contributed by atoms with van der Waals surface area (Å²) >= 11 is 5.72. The van der Waals surface area contributed by atoms with Gasteiger partial charge in [-0.2, -0.15) is 0 Å². The molecule has 4 rings (SSSR count). The maximum absolute atomic E-state index is 13.4. The molecule has 726 valence electrons. The van der Waals surface area contributed by atoms with Crippen molar-refractivity contribution in [1.82, 2.24) is 45.5 Å². The van der Waals surface area contributed by atoms with Crippen LogP contribution in [0.3, 0.4) is 0 Å². The van der Waals surface area contributed by atoms with Crippen molar-refractivity contribution in [1.29, 1.82) is 0 Å². The van der Waals surface area contributed by atoms with Crippen molar-refractivity contribution >= 4 is 103 Å². The Balaban J connectivity index is -0.0000000304. The Morgan fingerprint density at radius 3 is 0.849 bits per heavy atom. The van der Waals surface area contributed by atoms with Gasteiger partial charge < -0.3 is 144 Å². The summed E-state index contributed by atoms with van der Waals surface area (Å²) in [6, 6.07) is 25.5. The molecule has 3 aromatic carbocycles. The molecule has 0 bridgehead atoms. The second kappa shape index (κ2) is 215. The van der Waals surface area contributed by atoms with Gasteiger partial charge >= 0.3 is 0 Å². The lowest BCUT2D eigenvalue weighted by molar-refractivity contribution is -0.140. The number of hydrogen-bond donors (Lipinski definition) is 16. The van der Waals surface area contributed by atoms with E-state index < -0.39 is 24.0 Å². The van der Waals surface area contributed by atoms with Gasteiger partial charge in [-0.25, -0.2) is 0 Å². The number of hydrogen-bond acceptors (Lipinski definition) is 27. The number of carbonyl (C=O) groups excluding carboxylic acids is 14. The summed E-state index contributed by atoms with van der Waals surface area (Å²) in [6.45, 7) is 72.6. The van der Waals surface area contributed by atoms with Crippen LogP contribution in [0.2, 0.25) is 5.02 Å². The molecule has 0 radical (unpaired) electrons. The van der Waals surface area contributed by atoms with E-state index in [-0.39, 0.29) is 61.7 Å². The average molecular weight is 1750 g/mol. The molecule has 31 nitrogen and oxygen atoms in total. The second-order valence-corrected chi connectivity index (χ2v) is 22.4. The fourth-order valence-electron chi connectivity index (χ4n) is 5.80. The zero-order valence-corrected chi connectivity index (χ0v) is 83.0. The van der Waals surface area contributed by atoms with Crippen LogP contribution in [0.4, 0.5) is 0 Å². The Morgan fingerprint density at radius 2 is 0.647 bits per heavy atom. The molecule has 0 aliphatic carbocycles. The minimum atomic E-state index is -0.838. The molecule has 0 aromatic heterocycles. The first kappa shape index (κ1) is 195. The summed E-state index contributed by atoms with van der Waals surface area (Å²) in [5.74, 6) is 2.04. The van der Waals surface area contributed by atoms with E-state index in [0.717, 1.165) is 79.9 Å². The number of nitrogens with two attached hydrogens (primary N) is 7. The van der Waals surface area contributed by atoms with Gasteiger partial charge in [0.1, 0.15) is 86.0 Å². The van der Waals surface area contributed by atoms with Crippen LogP contribution in [0.1, 0.15) is 236 Å². The summed E-state index contributed by atoms with van der Waals surface area (Å²) in [4.78, 5) is 133. The topological polar surface area (TPSA) is 641 Å². The quantitative estimate of drug-likeness (QED) is 0.0633. The molecule has 1 fully saturated rings. The van der Waals surface area contributed by atoms with E-state index in [2.05, 4.69) is 183 Å². The van der Waals surface area contributed by atoms with Gasteiger partial charge in [-0.1, -0.05) is 262 Å². The maximum Gasteiger partial charge on any atom is 0.245 e. The van der Waals surface area contributed by atoms with Crippen molar-refractivity contribution in [3.05, 3.63) is 107 Å². The van der Waals surface area contributed by atoms with Gasteiger partial charge in [-0.15, -0.1) is 0 Å². The number of nitrogens with zero attached hydrogens (tertiary/aromatic N) is 1. The van der Waals surface area contributed by atoms with Crippen LogP contribution in [0.5, 0.6) is 0 Å². The zero-order chi connectivity index (χ0) is 98.5. The van der Waals surface area contributed by atoms with Gasteiger partial charge in [0.25, 0.3) is 0 Å². The molecule has 0 unspecified atom stereocenters. The second-order valence-electron chi connectivity index (χ2n) is 22.0. The van der Waals surface area contributed by atoms with Crippen LogP contribution in [-0.4, -0.2) is 200 Å². The number of rotatable bonds is 16. The smallest absolute Gasteiger partial charge is 0.245 e. The maximum atomic E-state index is 13.4. The first-order valence-corrected chi connectivity index (χ1v) is 38.6. The van der Waals surface area contributed by atoms with Gasteiger partial charge in [-0.05, 0) is 160 Å². The molecule has 0 saturated carbocycles. The molecule has 1 aliphatic rings.